The average Bonchev–Trinajstić information content (AvgIpc) is 2.57. The number of furan rings is 1. The monoisotopic (exact) mass is 246 g/mol. The highest BCUT2D eigenvalue weighted by atomic mass is 19.4. The Morgan fingerprint density at radius 1 is 1.24 bits per heavy atom. The van der Waals surface area contributed by atoms with Crippen LogP contribution in [0.5, 0.6) is 0 Å². The molecule has 0 amide bonds. The van der Waals surface area contributed by atoms with E-state index in [4.69, 9.17) is 4.42 Å². The summed E-state index contributed by atoms with van der Waals surface area (Å²) in [7, 11) is 0. The number of hydrogen-bond acceptors (Lipinski definition) is 2. The Morgan fingerprint density at radius 3 is 2.59 bits per heavy atom. The zero-order valence-electron chi connectivity index (χ0n) is 8.34. The van der Waals surface area contributed by atoms with Gasteiger partial charge in [-0.15, -0.1) is 0 Å². The Bertz CT molecular complexity index is 568. The molecule has 1 aromatic carbocycles. The Hall–Kier alpha value is -1.85. The first-order valence-electron chi connectivity index (χ1n) is 4.64. The summed E-state index contributed by atoms with van der Waals surface area (Å²) in [5.41, 5.74) is 0.178. The van der Waals surface area contributed by atoms with Gasteiger partial charge in [-0.2, -0.15) is 13.2 Å². The van der Waals surface area contributed by atoms with E-state index < -0.39 is 30.0 Å². The maximum absolute atomic E-state index is 12.8. The molecular formula is C11H6F4O2. The van der Waals surface area contributed by atoms with Gasteiger partial charge >= 0.3 is 6.18 Å². The number of benzene rings is 1. The molecule has 0 spiro atoms. The normalized spacial score (nSPS) is 12.0. The van der Waals surface area contributed by atoms with Crippen molar-refractivity contribution in [2.45, 2.75) is 12.6 Å². The van der Waals surface area contributed by atoms with Gasteiger partial charge in [0.1, 0.15) is 17.8 Å². The summed E-state index contributed by atoms with van der Waals surface area (Å²) in [4.78, 5) is 11.2. The third-order valence-electron chi connectivity index (χ3n) is 2.11. The third-order valence-corrected chi connectivity index (χ3v) is 2.11. The van der Waals surface area contributed by atoms with Gasteiger partial charge in [0.2, 0.25) is 5.78 Å². The SMILES string of the molecule is O=C(CC(F)(F)F)c1cc2cc(F)ccc2o1. The minimum absolute atomic E-state index is 0.178. The standard InChI is InChI=1S/C11H6F4O2/c12-7-1-2-9-6(3-7)4-10(17-9)8(16)5-11(13,14)15/h1-4H,5H2. The van der Waals surface area contributed by atoms with Crippen LogP contribution in [0.25, 0.3) is 11.0 Å². The van der Waals surface area contributed by atoms with Crippen molar-refractivity contribution in [2.24, 2.45) is 0 Å². The van der Waals surface area contributed by atoms with Crippen LogP contribution in [0, 0.1) is 5.82 Å². The van der Waals surface area contributed by atoms with E-state index in [1.807, 2.05) is 0 Å². The molecule has 0 atom stereocenters. The summed E-state index contributed by atoms with van der Waals surface area (Å²) in [5.74, 6) is -2.13. The van der Waals surface area contributed by atoms with Gasteiger partial charge < -0.3 is 4.42 Å². The summed E-state index contributed by atoms with van der Waals surface area (Å²) in [6, 6.07) is 4.55. The number of Topliss-reactive ketones (excluding diaryl/α,β-unsaturated/α-hetero) is 1. The number of fused-ring (bicyclic) bond motifs is 1. The van der Waals surface area contributed by atoms with E-state index in [2.05, 4.69) is 0 Å². The van der Waals surface area contributed by atoms with Gasteiger partial charge in [-0.05, 0) is 24.3 Å². The lowest BCUT2D eigenvalue weighted by molar-refractivity contribution is -0.125. The molecule has 2 aromatic rings. The maximum atomic E-state index is 12.8. The number of halogens is 4. The van der Waals surface area contributed by atoms with E-state index in [1.165, 1.54) is 6.07 Å². The number of rotatable bonds is 2. The lowest BCUT2D eigenvalue weighted by Crippen LogP contribution is -2.14. The predicted octanol–water partition coefficient (Wildman–Crippen LogP) is 3.71. The molecule has 6 heteroatoms. The molecule has 0 N–H and O–H groups in total. The second-order valence-electron chi connectivity index (χ2n) is 3.51. The second-order valence-corrected chi connectivity index (χ2v) is 3.51. The average molecular weight is 246 g/mol. The minimum atomic E-state index is -4.58. The van der Waals surface area contributed by atoms with Gasteiger partial charge in [0.05, 0.1) is 0 Å². The molecule has 0 aliphatic heterocycles. The second kappa shape index (κ2) is 3.87. The van der Waals surface area contributed by atoms with Crippen molar-refractivity contribution in [1.29, 1.82) is 0 Å². The smallest absolute Gasteiger partial charge is 0.396 e. The van der Waals surface area contributed by atoms with Crippen LogP contribution in [-0.2, 0) is 0 Å². The van der Waals surface area contributed by atoms with Crippen molar-refractivity contribution in [3.05, 3.63) is 35.8 Å². The Kier molecular flexibility index (Phi) is 2.65. The van der Waals surface area contributed by atoms with Gasteiger partial charge in [-0.3, -0.25) is 4.79 Å². The predicted molar refractivity (Wildman–Crippen MR) is 51.2 cm³/mol. The Balaban J connectivity index is 2.33. The van der Waals surface area contributed by atoms with Crippen LogP contribution in [0.15, 0.2) is 28.7 Å². The molecule has 1 aromatic heterocycles. The van der Waals surface area contributed by atoms with Crippen molar-refractivity contribution in [3.63, 3.8) is 0 Å². The zero-order valence-corrected chi connectivity index (χ0v) is 8.34. The fraction of sp³-hybridized carbons (Fsp3) is 0.182. The van der Waals surface area contributed by atoms with E-state index in [0.29, 0.717) is 0 Å². The van der Waals surface area contributed by atoms with E-state index in [0.717, 1.165) is 18.2 Å². The summed E-state index contributed by atoms with van der Waals surface area (Å²) in [6.45, 7) is 0. The molecule has 0 fully saturated rings. The van der Waals surface area contributed by atoms with Crippen LogP contribution >= 0.6 is 0 Å². The molecule has 0 aliphatic carbocycles. The van der Waals surface area contributed by atoms with Gasteiger partial charge in [-0.25, -0.2) is 4.39 Å². The molecule has 17 heavy (non-hydrogen) atoms. The van der Waals surface area contributed by atoms with Gasteiger partial charge in [0, 0.05) is 5.39 Å². The third kappa shape index (κ3) is 2.64. The van der Waals surface area contributed by atoms with E-state index in [1.54, 1.807) is 0 Å². The van der Waals surface area contributed by atoms with Crippen LogP contribution < -0.4 is 0 Å². The van der Waals surface area contributed by atoms with Crippen LogP contribution in [0.4, 0.5) is 17.6 Å². The van der Waals surface area contributed by atoms with Gasteiger partial charge in [0.15, 0.2) is 5.76 Å². The van der Waals surface area contributed by atoms with Crippen molar-refractivity contribution in [1.82, 2.24) is 0 Å². The van der Waals surface area contributed by atoms with Crippen LogP contribution in [0.2, 0.25) is 0 Å². The highest BCUT2D eigenvalue weighted by molar-refractivity contribution is 5.97. The summed E-state index contributed by atoms with van der Waals surface area (Å²) < 4.78 is 53.7. The molecule has 0 radical (unpaired) electrons. The lowest BCUT2D eigenvalue weighted by Gasteiger charge is -2.02. The zero-order chi connectivity index (χ0) is 12.6. The molecule has 0 saturated heterocycles. The first-order valence-corrected chi connectivity index (χ1v) is 4.64. The molecule has 0 unspecified atom stereocenters. The van der Waals surface area contributed by atoms with Crippen molar-refractivity contribution < 1.29 is 26.8 Å². The Morgan fingerprint density at radius 2 is 1.94 bits per heavy atom. The molecule has 2 rings (SSSR count). The minimum Gasteiger partial charge on any atom is -0.453 e. The van der Waals surface area contributed by atoms with Crippen molar-refractivity contribution >= 4 is 16.8 Å². The molecule has 0 aliphatic rings. The van der Waals surface area contributed by atoms with Crippen molar-refractivity contribution in [2.75, 3.05) is 0 Å². The number of carbonyl (C=O) groups is 1. The molecule has 2 nitrogen and oxygen atoms in total. The highest BCUT2D eigenvalue weighted by Crippen LogP contribution is 2.26. The number of ketones is 1. The van der Waals surface area contributed by atoms with Gasteiger partial charge in [-0.1, -0.05) is 0 Å². The van der Waals surface area contributed by atoms with E-state index >= 15 is 0 Å². The Labute approximate surface area is 92.8 Å². The fourth-order valence-corrected chi connectivity index (χ4v) is 1.42. The van der Waals surface area contributed by atoms with Crippen LogP contribution in [0.3, 0.4) is 0 Å². The highest BCUT2D eigenvalue weighted by Gasteiger charge is 2.32. The lowest BCUT2D eigenvalue weighted by atomic mass is 10.2. The first kappa shape index (κ1) is 11.6. The molecule has 1 heterocycles. The first-order chi connectivity index (χ1) is 7.85. The molecule has 90 valence electrons. The molecule has 0 saturated carbocycles. The maximum Gasteiger partial charge on any atom is 0.396 e. The van der Waals surface area contributed by atoms with Gasteiger partial charge in [0.25, 0.3) is 0 Å². The molecular weight excluding hydrogens is 240 g/mol. The number of hydrogen-bond donors (Lipinski definition) is 0. The number of alkyl halides is 3. The quantitative estimate of drug-likeness (QED) is 0.597. The summed E-state index contributed by atoms with van der Waals surface area (Å²) in [5, 5.41) is 0.260. The van der Waals surface area contributed by atoms with E-state index in [9.17, 15) is 22.4 Å². The van der Waals surface area contributed by atoms with E-state index in [-0.39, 0.29) is 11.0 Å². The van der Waals surface area contributed by atoms with Crippen LogP contribution in [-0.4, -0.2) is 12.0 Å². The van der Waals surface area contributed by atoms with Crippen molar-refractivity contribution in [3.8, 4) is 0 Å². The largest absolute Gasteiger partial charge is 0.453 e. The summed E-state index contributed by atoms with van der Waals surface area (Å²) in [6.07, 6.45) is -6.17. The molecule has 0 bridgehead atoms. The topological polar surface area (TPSA) is 30.2 Å². The number of carbonyl (C=O) groups excluding carboxylic acids is 1. The fourth-order valence-electron chi connectivity index (χ4n) is 1.42. The summed E-state index contributed by atoms with van der Waals surface area (Å²) >= 11 is 0. The van der Waals surface area contributed by atoms with Crippen LogP contribution in [0.1, 0.15) is 17.0 Å².